The Bertz CT molecular complexity index is 548. The monoisotopic (exact) mass is 267 g/mol. The molecular formula is C12H15F2N5. The molecule has 2 aromatic heterocycles. The summed E-state index contributed by atoms with van der Waals surface area (Å²) in [5, 5.41) is 7.16. The molecule has 7 heteroatoms. The number of nitrogens with one attached hydrogen (secondary N) is 2. The Kier molecular flexibility index (Phi) is 3.29. The number of imidazole rings is 1. The van der Waals surface area contributed by atoms with Crippen LogP contribution >= 0.6 is 0 Å². The summed E-state index contributed by atoms with van der Waals surface area (Å²) < 4.78 is 25.4. The van der Waals surface area contributed by atoms with Crippen molar-refractivity contribution in [2.75, 3.05) is 0 Å². The summed E-state index contributed by atoms with van der Waals surface area (Å²) in [5.74, 6) is 0. The molecule has 0 radical (unpaired) electrons. The number of hydrogen-bond acceptors (Lipinski definition) is 3. The molecule has 0 spiro atoms. The van der Waals surface area contributed by atoms with Gasteiger partial charge in [-0.05, 0) is 18.9 Å². The molecule has 0 saturated carbocycles. The van der Waals surface area contributed by atoms with Crippen LogP contribution in [0.1, 0.15) is 30.1 Å². The van der Waals surface area contributed by atoms with E-state index in [1.165, 1.54) is 11.9 Å². The van der Waals surface area contributed by atoms with Crippen LogP contribution < -0.4 is 5.32 Å². The number of halogens is 2. The molecule has 2 heterocycles. The molecule has 2 N–H and O–H groups in total. The van der Waals surface area contributed by atoms with E-state index in [0.717, 1.165) is 25.0 Å². The zero-order valence-corrected chi connectivity index (χ0v) is 10.3. The quantitative estimate of drug-likeness (QED) is 0.885. The van der Waals surface area contributed by atoms with E-state index in [2.05, 4.69) is 20.4 Å². The van der Waals surface area contributed by atoms with Crippen LogP contribution in [0.3, 0.4) is 0 Å². The molecule has 0 aromatic carbocycles. The molecule has 1 atom stereocenters. The molecule has 1 aliphatic carbocycles. The van der Waals surface area contributed by atoms with Gasteiger partial charge in [-0.25, -0.2) is 9.67 Å². The fraction of sp³-hybridized carbons (Fsp3) is 0.500. The van der Waals surface area contributed by atoms with Gasteiger partial charge in [-0.2, -0.15) is 13.9 Å². The highest BCUT2D eigenvalue weighted by molar-refractivity contribution is 5.16. The Morgan fingerprint density at radius 1 is 1.53 bits per heavy atom. The standard InChI is InChI=1S/C12H15F2N5/c13-12(14)19-4-3-9(18-19)6-15-8-1-2-10-11(5-8)17-7-16-10/h3-4,7-8,12,15H,1-2,5-6H2,(H,16,17). The maximum absolute atomic E-state index is 12.4. The first kappa shape index (κ1) is 12.3. The van der Waals surface area contributed by atoms with Crippen LogP contribution in [0.2, 0.25) is 0 Å². The minimum absolute atomic E-state index is 0.338. The van der Waals surface area contributed by atoms with Crippen LogP contribution in [0, 0.1) is 0 Å². The van der Waals surface area contributed by atoms with E-state index in [0.29, 0.717) is 23.0 Å². The highest BCUT2D eigenvalue weighted by atomic mass is 19.3. The maximum atomic E-state index is 12.4. The van der Waals surface area contributed by atoms with Crippen LogP contribution in [0.15, 0.2) is 18.6 Å². The van der Waals surface area contributed by atoms with E-state index in [9.17, 15) is 8.78 Å². The number of hydrogen-bond donors (Lipinski definition) is 2. The Labute approximate surface area is 109 Å². The van der Waals surface area contributed by atoms with Crippen molar-refractivity contribution in [3.05, 3.63) is 35.7 Å². The third-order valence-electron chi connectivity index (χ3n) is 3.42. The fourth-order valence-electron chi connectivity index (χ4n) is 2.40. The van der Waals surface area contributed by atoms with Crippen molar-refractivity contribution in [2.24, 2.45) is 0 Å². The highest BCUT2D eigenvalue weighted by Crippen LogP contribution is 2.18. The number of fused-ring (bicyclic) bond motifs is 1. The Balaban J connectivity index is 1.55. The topological polar surface area (TPSA) is 58.5 Å². The second-order valence-electron chi connectivity index (χ2n) is 4.71. The van der Waals surface area contributed by atoms with Crippen LogP contribution in [0.25, 0.3) is 0 Å². The summed E-state index contributed by atoms with van der Waals surface area (Å²) in [6, 6.07) is 1.95. The Morgan fingerprint density at radius 3 is 3.21 bits per heavy atom. The number of aromatic amines is 1. The van der Waals surface area contributed by atoms with Crippen LogP contribution in [-0.4, -0.2) is 25.8 Å². The normalized spacial score (nSPS) is 18.8. The van der Waals surface area contributed by atoms with Crippen molar-refractivity contribution in [1.29, 1.82) is 0 Å². The number of aromatic nitrogens is 4. The molecule has 102 valence electrons. The Morgan fingerprint density at radius 2 is 2.42 bits per heavy atom. The summed E-state index contributed by atoms with van der Waals surface area (Å²) in [6.45, 7) is -2.07. The predicted octanol–water partition coefficient (Wildman–Crippen LogP) is 1.65. The van der Waals surface area contributed by atoms with Crippen LogP contribution in [0.5, 0.6) is 0 Å². The first-order valence-corrected chi connectivity index (χ1v) is 6.29. The van der Waals surface area contributed by atoms with Gasteiger partial charge in [0.2, 0.25) is 0 Å². The average molecular weight is 267 g/mol. The zero-order valence-electron chi connectivity index (χ0n) is 10.3. The van der Waals surface area contributed by atoms with Gasteiger partial charge >= 0.3 is 6.55 Å². The van der Waals surface area contributed by atoms with E-state index in [-0.39, 0.29) is 0 Å². The minimum Gasteiger partial charge on any atom is -0.348 e. The second kappa shape index (κ2) is 5.08. The van der Waals surface area contributed by atoms with Crippen molar-refractivity contribution in [1.82, 2.24) is 25.1 Å². The van der Waals surface area contributed by atoms with Crippen molar-refractivity contribution in [3.8, 4) is 0 Å². The molecule has 2 aromatic rings. The van der Waals surface area contributed by atoms with E-state index >= 15 is 0 Å². The van der Waals surface area contributed by atoms with Gasteiger partial charge in [-0.15, -0.1) is 0 Å². The zero-order chi connectivity index (χ0) is 13.2. The van der Waals surface area contributed by atoms with E-state index < -0.39 is 6.55 Å². The summed E-state index contributed by atoms with van der Waals surface area (Å²) in [7, 11) is 0. The average Bonchev–Trinajstić information content (AvgIpc) is 3.04. The minimum atomic E-state index is -2.57. The van der Waals surface area contributed by atoms with Crippen LogP contribution in [0.4, 0.5) is 8.78 Å². The van der Waals surface area contributed by atoms with Crippen molar-refractivity contribution >= 4 is 0 Å². The molecule has 5 nitrogen and oxygen atoms in total. The first-order chi connectivity index (χ1) is 9.22. The van der Waals surface area contributed by atoms with E-state index in [1.807, 2.05) is 0 Å². The smallest absolute Gasteiger partial charge is 0.333 e. The van der Waals surface area contributed by atoms with E-state index in [1.54, 1.807) is 12.4 Å². The van der Waals surface area contributed by atoms with Gasteiger partial charge in [-0.3, -0.25) is 0 Å². The Hall–Kier alpha value is -1.76. The van der Waals surface area contributed by atoms with Gasteiger partial charge in [-0.1, -0.05) is 0 Å². The summed E-state index contributed by atoms with van der Waals surface area (Å²) in [5.41, 5.74) is 2.94. The van der Waals surface area contributed by atoms with E-state index in [4.69, 9.17) is 0 Å². The lowest BCUT2D eigenvalue weighted by Gasteiger charge is -2.22. The van der Waals surface area contributed by atoms with Crippen LogP contribution in [-0.2, 0) is 19.4 Å². The van der Waals surface area contributed by atoms with Gasteiger partial charge < -0.3 is 10.3 Å². The molecular weight excluding hydrogens is 252 g/mol. The third-order valence-corrected chi connectivity index (χ3v) is 3.42. The molecule has 0 aliphatic heterocycles. The molecule has 1 aliphatic rings. The molecule has 19 heavy (non-hydrogen) atoms. The van der Waals surface area contributed by atoms with Gasteiger partial charge in [0.15, 0.2) is 0 Å². The molecule has 0 fully saturated rings. The lowest BCUT2D eigenvalue weighted by atomic mass is 9.96. The summed E-state index contributed by atoms with van der Waals surface area (Å²) in [6.07, 6.45) is 5.87. The predicted molar refractivity (Wildman–Crippen MR) is 64.7 cm³/mol. The SMILES string of the molecule is FC(F)n1ccc(CNC2CCc3nc[nH]c3C2)n1. The number of rotatable bonds is 4. The second-order valence-corrected chi connectivity index (χ2v) is 4.71. The highest BCUT2D eigenvalue weighted by Gasteiger charge is 2.20. The lowest BCUT2D eigenvalue weighted by molar-refractivity contribution is 0.0561. The van der Waals surface area contributed by atoms with Crippen molar-refractivity contribution in [3.63, 3.8) is 0 Å². The summed E-state index contributed by atoms with van der Waals surface area (Å²) >= 11 is 0. The summed E-state index contributed by atoms with van der Waals surface area (Å²) in [4.78, 5) is 7.38. The van der Waals surface area contributed by atoms with Gasteiger partial charge in [0.25, 0.3) is 0 Å². The molecule has 1 unspecified atom stereocenters. The number of nitrogens with zero attached hydrogens (tertiary/aromatic N) is 3. The lowest BCUT2D eigenvalue weighted by Crippen LogP contribution is -2.34. The molecule has 3 rings (SSSR count). The third kappa shape index (κ3) is 2.65. The van der Waals surface area contributed by atoms with Crippen molar-refractivity contribution < 1.29 is 8.78 Å². The largest absolute Gasteiger partial charge is 0.348 e. The number of alkyl halides is 2. The molecule has 0 amide bonds. The maximum Gasteiger partial charge on any atom is 0.333 e. The van der Waals surface area contributed by atoms with Gasteiger partial charge in [0, 0.05) is 30.9 Å². The number of aryl methyl sites for hydroxylation is 1. The number of H-pyrrole nitrogens is 1. The molecule has 0 bridgehead atoms. The fourth-order valence-corrected chi connectivity index (χ4v) is 2.40. The van der Waals surface area contributed by atoms with Gasteiger partial charge in [0.1, 0.15) is 0 Å². The van der Waals surface area contributed by atoms with Crippen molar-refractivity contribution in [2.45, 2.75) is 38.4 Å². The van der Waals surface area contributed by atoms with Gasteiger partial charge in [0.05, 0.1) is 17.7 Å². The first-order valence-electron chi connectivity index (χ1n) is 6.29. The molecule has 0 saturated heterocycles.